The smallest absolute Gasteiger partial charge is 0.307 e. The third kappa shape index (κ3) is 1.67. The maximum atomic E-state index is 12.8. The normalized spacial score (nSPS) is 38.9. The third-order valence-corrected chi connectivity index (χ3v) is 7.07. The Balaban J connectivity index is 1.60. The van der Waals surface area contributed by atoms with E-state index in [1.807, 2.05) is 31.2 Å². The summed E-state index contributed by atoms with van der Waals surface area (Å²) in [5, 5.41) is 12.7. The number of rotatable bonds is 3. The molecule has 1 spiro atoms. The zero-order valence-corrected chi connectivity index (χ0v) is 13.8. The molecule has 2 N–H and O–H groups in total. The van der Waals surface area contributed by atoms with Gasteiger partial charge in [0.2, 0.25) is 5.91 Å². The highest BCUT2D eigenvalue weighted by molar-refractivity contribution is 5.96. The van der Waals surface area contributed by atoms with Crippen LogP contribution in [0, 0.1) is 41.4 Å². The van der Waals surface area contributed by atoms with Crippen LogP contribution in [0.3, 0.4) is 0 Å². The molecule has 1 aromatic rings. The summed E-state index contributed by atoms with van der Waals surface area (Å²) >= 11 is 0. The fourth-order valence-electron chi connectivity index (χ4n) is 5.97. The number of carbonyl (C=O) groups excluding carboxylic acids is 1. The van der Waals surface area contributed by atoms with Gasteiger partial charge in [0, 0.05) is 5.69 Å². The van der Waals surface area contributed by atoms with E-state index in [0.717, 1.165) is 24.1 Å². The molecule has 5 unspecified atom stereocenters. The first kappa shape index (κ1) is 14.7. The Bertz CT molecular complexity index is 693. The fourth-order valence-corrected chi connectivity index (χ4v) is 5.97. The Kier molecular flexibility index (Phi) is 2.80. The van der Waals surface area contributed by atoms with Gasteiger partial charge in [0.15, 0.2) is 0 Å². The van der Waals surface area contributed by atoms with Gasteiger partial charge in [-0.2, -0.15) is 0 Å². The van der Waals surface area contributed by atoms with Crippen molar-refractivity contribution in [2.24, 2.45) is 34.5 Å². The van der Waals surface area contributed by atoms with Crippen LogP contribution in [0.2, 0.25) is 0 Å². The Hall–Kier alpha value is -1.84. The van der Waals surface area contributed by atoms with E-state index in [2.05, 4.69) is 19.2 Å². The minimum atomic E-state index is -0.807. The first-order chi connectivity index (χ1) is 10.8. The van der Waals surface area contributed by atoms with Crippen LogP contribution in [-0.4, -0.2) is 17.0 Å². The summed E-state index contributed by atoms with van der Waals surface area (Å²) < 4.78 is 0. The summed E-state index contributed by atoms with van der Waals surface area (Å²) in [6.45, 7) is 6.35. The van der Waals surface area contributed by atoms with Crippen molar-refractivity contribution in [2.45, 2.75) is 33.6 Å². The van der Waals surface area contributed by atoms with Crippen LogP contribution in [0.5, 0.6) is 0 Å². The molecule has 0 radical (unpaired) electrons. The molecule has 4 heteroatoms. The Morgan fingerprint density at radius 1 is 1.17 bits per heavy atom. The van der Waals surface area contributed by atoms with Crippen molar-refractivity contribution >= 4 is 17.6 Å². The van der Waals surface area contributed by atoms with E-state index in [0.29, 0.717) is 0 Å². The number of anilines is 1. The van der Waals surface area contributed by atoms with E-state index >= 15 is 0 Å². The van der Waals surface area contributed by atoms with Crippen LogP contribution in [0.25, 0.3) is 0 Å². The number of carboxylic acid groups (broad SMARTS) is 1. The molecule has 0 bridgehead atoms. The highest BCUT2D eigenvalue weighted by atomic mass is 16.4. The molecular weight excluding hydrogens is 290 g/mol. The van der Waals surface area contributed by atoms with Crippen LogP contribution in [-0.2, 0) is 9.59 Å². The van der Waals surface area contributed by atoms with E-state index in [1.54, 1.807) is 0 Å². The van der Waals surface area contributed by atoms with Gasteiger partial charge >= 0.3 is 5.97 Å². The fraction of sp³-hybridized carbons (Fsp3) is 0.579. The molecule has 23 heavy (non-hydrogen) atoms. The van der Waals surface area contributed by atoms with Crippen molar-refractivity contribution in [3.05, 3.63) is 29.8 Å². The summed E-state index contributed by atoms with van der Waals surface area (Å²) in [5.41, 5.74) is 2.05. The second kappa shape index (κ2) is 4.37. The van der Waals surface area contributed by atoms with Crippen LogP contribution < -0.4 is 5.32 Å². The molecule has 3 fully saturated rings. The molecule has 0 aliphatic heterocycles. The minimum absolute atomic E-state index is 0.0691. The van der Waals surface area contributed by atoms with Crippen LogP contribution in [0.4, 0.5) is 5.69 Å². The quantitative estimate of drug-likeness (QED) is 0.899. The van der Waals surface area contributed by atoms with E-state index in [4.69, 9.17) is 0 Å². The lowest BCUT2D eigenvalue weighted by Gasteiger charge is -2.42. The van der Waals surface area contributed by atoms with Gasteiger partial charge in [-0.25, -0.2) is 0 Å². The number of carbonyl (C=O) groups is 2. The number of hydrogen-bond acceptors (Lipinski definition) is 2. The lowest BCUT2D eigenvalue weighted by atomic mass is 9.62. The maximum Gasteiger partial charge on any atom is 0.307 e. The number of carboxylic acids is 1. The highest BCUT2D eigenvalue weighted by Crippen LogP contribution is 2.88. The van der Waals surface area contributed by atoms with Crippen LogP contribution in [0.15, 0.2) is 24.3 Å². The molecule has 0 saturated heterocycles. The molecule has 3 aliphatic carbocycles. The van der Waals surface area contributed by atoms with E-state index in [9.17, 15) is 14.7 Å². The van der Waals surface area contributed by atoms with Gasteiger partial charge in [0.1, 0.15) is 0 Å². The summed E-state index contributed by atoms with van der Waals surface area (Å²) in [5.74, 6) is -1.47. The van der Waals surface area contributed by atoms with Crippen molar-refractivity contribution in [3.63, 3.8) is 0 Å². The molecule has 122 valence electrons. The van der Waals surface area contributed by atoms with Crippen molar-refractivity contribution in [2.75, 3.05) is 5.32 Å². The summed E-state index contributed by atoms with van der Waals surface area (Å²) in [7, 11) is 0. The predicted octanol–water partition coefficient (Wildman–Crippen LogP) is 3.32. The van der Waals surface area contributed by atoms with Crippen molar-refractivity contribution in [3.8, 4) is 0 Å². The summed E-state index contributed by atoms with van der Waals surface area (Å²) in [4.78, 5) is 24.7. The highest BCUT2D eigenvalue weighted by Gasteiger charge is 2.86. The van der Waals surface area contributed by atoms with Crippen LogP contribution >= 0.6 is 0 Å². The van der Waals surface area contributed by atoms with Gasteiger partial charge in [0.05, 0.1) is 11.8 Å². The van der Waals surface area contributed by atoms with E-state index in [1.165, 1.54) is 0 Å². The Morgan fingerprint density at radius 3 is 2.35 bits per heavy atom. The number of aliphatic carboxylic acids is 1. The maximum absolute atomic E-state index is 12.8. The lowest BCUT2D eigenvalue weighted by molar-refractivity contribution is -0.148. The Morgan fingerprint density at radius 2 is 1.83 bits per heavy atom. The third-order valence-electron chi connectivity index (χ3n) is 7.07. The number of amides is 1. The Labute approximate surface area is 136 Å². The molecule has 1 amide bonds. The number of nitrogens with one attached hydrogen (secondary N) is 1. The zero-order chi connectivity index (χ0) is 16.6. The second-order valence-electron chi connectivity index (χ2n) is 8.13. The van der Waals surface area contributed by atoms with E-state index < -0.39 is 11.9 Å². The average Bonchev–Trinajstić information content (AvgIpc) is 2.88. The largest absolute Gasteiger partial charge is 0.481 e. The molecule has 3 saturated carbocycles. The molecule has 0 heterocycles. The topological polar surface area (TPSA) is 66.4 Å². The van der Waals surface area contributed by atoms with Gasteiger partial charge in [-0.3, -0.25) is 9.59 Å². The summed E-state index contributed by atoms with van der Waals surface area (Å²) in [6, 6.07) is 7.65. The molecule has 5 atom stereocenters. The molecular formula is C19H23NO3. The molecule has 4 nitrogen and oxygen atoms in total. The zero-order valence-electron chi connectivity index (χ0n) is 13.8. The average molecular weight is 313 g/mol. The SMILES string of the molecule is Cc1ccc(NC(=O)C2C(C(=O)O)C3C(C)(C)C34CCC24)cc1. The predicted molar refractivity (Wildman–Crippen MR) is 86.9 cm³/mol. The lowest BCUT2D eigenvalue weighted by Crippen LogP contribution is -2.43. The first-order valence-electron chi connectivity index (χ1n) is 8.41. The minimum Gasteiger partial charge on any atom is -0.481 e. The van der Waals surface area contributed by atoms with Gasteiger partial charge in [-0.1, -0.05) is 31.5 Å². The van der Waals surface area contributed by atoms with Crippen molar-refractivity contribution in [1.29, 1.82) is 0 Å². The second-order valence-corrected chi connectivity index (χ2v) is 8.13. The number of hydrogen-bond donors (Lipinski definition) is 2. The van der Waals surface area contributed by atoms with Crippen molar-refractivity contribution < 1.29 is 14.7 Å². The number of benzene rings is 1. The molecule has 3 aliphatic rings. The van der Waals surface area contributed by atoms with Gasteiger partial charge < -0.3 is 10.4 Å². The molecule has 1 aromatic carbocycles. The first-order valence-corrected chi connectivity index (χ1v) is 8.41. The van der Waals surface area contributed by atoms with Gasteiger partial charge in [-0.15, -0.1) is 0 Å². The van der Waals surface area contributed by atoms with Crippen LogP contribution in [0.1, 0.15) is 32.3 Å². The van der Waals surface area contributed by atoms with E-state index in [-0.39, 0.29) is 34.5 Å². The molecule has 0 aromatic heterocycles. The standard InChI is InChI=1S/C19H23NO3/c1-10-4-6-11(7-5-10)20-16(21)13-12-8-9-19(12)15(18(19,2)3)14(13)17(22)23/h4-7,12-15H,8-9H2,1-3H3,(H,20,21)(H,22,23). The van der Waals surface area contributed by atoms with Gasteiger partial charge in [0.25, 0.3) is 0 Å². The van der Waals surface area contributed by atoms with Gasteiger partial charge in [-0.05, 0) is 54.6 Å². The number of aryl methyl sites for hydroxylation is 1. The monoisotopic (exact) mass is 313 g/mol. The molecule has 4 rings (SSSR count). The van der Waals surface area contributed by atoms with Crippen molar-refractivity contribution in [1.82, 2.24) is 0 Å². The summed E-state index contributed by atoms with van der Waals surface area (Å²) in [6.07, 6.45) is 2.06.